The Morgan fingerprint density at radius 2 is 1.87 bits per heavy atom. The minimum absolute atomic E-state index is 0.249. The first-order chi connectivity index (χ1) is 15.0. The highest BCUT2D eigenvalue weighted by atomic mass is 16.7. The molecule has 0 spiro atoms. The second kappa shape index (κ2) is 9.80. The minimum Gasteiger partial charge on any atom is -0.478 e. The smallest absolute Gasteiger partial charge is 0.336 e. The maximum Gasteiger partial charge on any atom is 0.336 e. The van der Waals surface area contributed by atoms with Crippen LogP contribution in [0.4, 0.5) is 0 Å². The molecule has 0 aliphatic heterocycles. The second-order valence-corrected chi connectivity index (χ2v) is 7.16. The fourth-order valence-electron chi connectivity index (χ4n) is 3.54. The van der Waals surface area contributed by atoms with Crippen LogP contribution >= 0.6 is 0 Å². The fourth-order valence-corrected chi connectivity index (χ4v) is 3.54. The summed E-state index contributed by atoms with van der Waals surface area (Å²) in [6.07, 6.45) is 3.67. The number of carboxylic acid groups (broad SMARTS) is 1. The molecule has 0 bridgehead atoms. The molecule has 0 saturated heterocycles. The fraction of sp³-hybridized carbons (Fsp3) is 0.391. The summed E-state index contributed by atoms with van der Waals surface area (Å²) in [5.41, 5.74) is 2.45. The van der Waals surface area contributed by atoms with Gasteiger partial charge < -0.3 is 14.6 Å². The number of hydrogen-bond acceptors (Lipinski definition) is 6. The number of nitrogens with zero attached hydrogens (tertiary/aromatic N) is 4. The van der Waals surface area contributed by atoms with E-state index in [4.69, 9.17) is 14.5 Å². The Hall–Kier alpha value is -3.10. The van der Waals surface area contributed by atoms with Crippen LogP contribution in [0.15, 0.2) is 42.6 Å². The number of carboxylic acids is 1. The minimum atomic E-state index is -0.981. The number of benzene rings is 1. The van der Waals surface area contributed by atoms with Crippen molar-refractivity contribution in [1.82, 2.24) is 19.7 Å². The Kier molecular flexibility index (Phi) is 7.14. The van der Waals surface area contributed by atoms with E-state index < -0.39 is 11.8 Å². The van der Waals surface area contributed by atoms with Crippen molar-refractivity contribution < 1.29 is 19.4 Å². The van der Waals surface area contributed by atoms with Gasteiger partial charge in [0.2, 0.25) is 11.6 Å². The highest BCUT2D eigenvalue weighted by Crippen LogP contribution is 2.28. The van der Waals surface area contributed by atoms with Gasteiger partial charge in [-0.15, -0.1) is 0 Å². The second-order valence-electron chi connectivity index (χ2n) is 7.16. The molecule has 0 saturated carbocycles. The number of ether oxygens (including phenoxy) is 2. The van der Waals surface area contributed by atoms with Crippen molar-refractivity contribution in [2.75, 3.05) is 14.2 Å². The van der Waals surface area contributed by atoms with Crippen LogP contribution in [-0.4, -0.2) is 45.0 Å². The molecule has 164 valence electrons. The van der Waals surface area contributed by atoms with Gasteiger partial charge in [0, 0.05) is 51.1 Å². The number of rotatable bonds is 10. The van der Waals surface area contributed by atoms with Gasteiger partial charge in [0.15, 0.2) is 0 Å². The number of aromatic nitrogens is 4. The van der Waals surface area contributed by atoms with Gasteiger partial charge in [0.25, 0.3) is 0 Å². The first kappa shape index (κ1) is 22.6. The van der Waals surface area contributed by atoms with Crippen molar-refractivity contribution in [3.8, 4) is 11.1 Å². The van der Waals surface area contributed by atoms with Crippen LogP contribution in [0.1, 0.15) is 54.4 Å². The lowest BCUT2D eigenvalue weighted by molar-refractivity contribution is -0.222. The number of aryl methyl sites for hydroxylation is 1. The highest BCUT2D eigenvalue weighted by Gasteiger charge is 2.35. The molecular weight excluding hydrogens is 396 g/mol. The Bertz CT molecular complexity index is 1020. The van der Waals surface area contributed by atoms with Gasteiger partial charge in [-0.2, -0.15) is 5.10 Å². The number of methoxy groups -OCH3 is 2. The Morgan fingerprint density at radius 1 is 1.13 bits per heavy atom. The summed E-state index contributed by atoms with van der Waals surface area (Å²) in [4.78, 5) is 20.8. The molecule has 0 aliphatic carbocycles. The molecule has 3 aromatic rings. The van der Waals surface area contributed by atoms with Crippen molar-refractivity contribution >= 4 is 5.97 Å². The summed E-state index contributed by atoms with van der Waals surface area (Å²) in [6.45, 7) is 4.76. The molecule has 0 aliphatic rings. The largest absolute Gasteiger partial charge is 0.478 e. The number of carbonyl (C=O) groups is 1. The monoisotopic (exact) mass is 424 g/mol. The third kappa shape index (κ3) is 4.65. The van der Waals surface area contributed by atoms with Gasteiger partial charge in [0.1, 0.15) is 5.82 Å². The van der Waals surface area contributed by atoms with E-state index in [0.717, 1.165) is 30.0 Å². The lowest BCUT2D eigenvalue weighted by Gasteiger charge is -2.26. The van der Waals surface area contributed by atoms with Gasteiger partial charge in [0.05, 0.1) is 5.56 Å². The lowest BCUT2D eigenvalue weighted by atomic mass is 10.0. The Morgan fingerprint density at radius 3 is 2.45 bits per heavy atom. The first-order valence-corrected chi connectivity index (χ1v) is 10.3. The topological polar surface area (TPSA) is 99.4 Å². The van der Waals surface area contributed by atoms with Gasteiger partial charge in [-0.05, 0) is 24.1 Å². The summed E-state index contributed by atoms with van der Waals surface area (Å²) in [6, 6.07) is 10.7. The standard InChI is InChI=1S/C23H28N4O4/c1-5-13-27-20(25-22(26-27)23(6-2,30-3)31-4)14-17-12-11-16(15-24-17)18-9-7-8-10-19(18)21(28)29/h7-12,15H,5-6,13-14H2,1-4H3,(H,28,29). The van der Waals surface area contributed by atoms with Gasteiger partial charge >= 0.3 is 5.97 Å². The van der Waals surface area contributed by atoms with Crippen LogP contribution in [0.2, 0.25) is 0 Å². The maximum absolute atomic E-state index is 11.5. The average Bonchev–Trinajstić information content (AvgIpc) is 3.19. The zero-order chi connectivity index (χ0) is 22.4. The summed E-state index contributed by atoms with van der Waals surface area (Å²) in [5, 5.41) is 14.1. The zero-order valence-electron chi connectivity index (χ0n) is 18.3. The molecule has 31 heavy (non-hydrogen) atoms. The zero-order valence-corrected chi connectivity index (χ0v) is 18.3. The van der Waals surface area contributed by atoms with E-state index in [1.807, 2.05) is 29.8 Å². The Balaban J connectivity index is 1.90. The third-order valence-corrected chi connectivity index (χ3v) is 5.28. The van der Waals surface area contributed by atoms with E-state index in [-0.39, 0.29) is 5.56 Å². The molecule has 2 heterocycles. The highest BCUT2D eigenvalue weighted by molar-refractivity contribution is 5.95. The van der Waals surface area contributed by atoms with E-state index in [1.54, 1.807) is 38.6 Å². The van der Waals surface area contributed by atoms with Gasteiger partial charge in [-0.1, -0.05) is 38.1 Å². The molecule has 0 unspecified atom stereocenters. The molecule has 0 amide bonds. The quantitative estimate of drug-likeness (QED) is 0.493. The van der Waals surface area contributed by atoms with Crippen LogP contribution in [-0.2, 0) is 28.2 Å². The molecule has 0 fully saturated rings. The third-order valence-electron chi connectivity index (χ3n) is 5.28. The first-order valence-electron chi connectivity index (χ1n) is 10.3. The summed E-state index contributed by atoms with van der Waals surface area (Å²) in [5.74, 6) is -0.674. The van der Waals surface area contributed by atoms with Gasteiger partial charge in [-0.25, -0.2) is 14.5 Å². The molecule has 1 N–H and O–H groups in total. The molecule has 0 atom stereocenters. The van der Waals surface area contributed by atoms with E-state index in [2.05, 4.69) is 17.0 Å². The van der Waals surface area contributed by atoms with Crippen molar-refractivity contribution in [3.63, 3.8) is 0 Å². The number of pyridine rings is 1. The molecule has 0 radical (unpaired) electrons. The van der Waals surface area contributed by atoms with Crippen molar-refractivity contribution in [3.05, 3.63) is 65.5 Å². The predicted molar refractivity (Wildman–Crippen MR) is 116 cm³/mol. The SMILES string of the molecule is CCCn1nc(C(CC)(OC)OC)nc1Cc1ccc(-c2ccccc2C(=O)O)cn1. The number of aromatic carboxylic acids is 1. The normalized spacial score (nSPS) is 11.6. The van der Waals surface area contributed by atoms with Crippen LogP contribution in [0.25, 0.3) is 11.1 Å². The number of hydrogen-bond donors (Lipinski definition) is 1. The molecule has 1 aromatic carbocycles. The predicted octanol–water partition coefficient (Wildman–Crippen LogP) is 3.89. The molecule has 8 heteroatoms. The lowest BCUT2D eigenvalue weighted by Crippen LogP contribution is -2.31. The summed E-state index contributed by atoms with van der Waals surface area (Å²) < 4.78 is 13.0. The van der Waals surface area contributed by atoms with Crippen molar-refractivity contribution in [2.45, 2.75) is 45.4 Å². The van der Waals surface area contributed by atoms with E-state index in [0.29, 0.717) is 24.2 Å². The van der Waals surface area contributed by atoms with E-state index in [9.17, 15) is 9.90 Å². The van der Waals surface area contributed by atoms with Crippen LogP contribution in [0.3, 0.4) is 0 Å². The van der Waals surface area contributed by atoms with Crippen LogP contribution in [0, 0.1) is 0 Å². The molecule has 8 nitrogen and oxygen atoms in total. The van der Waals surface area contributed by atoms with Crippen LogP contribution in [0.5, 0.6) is 0 Å². The van der Waals surface area contributed by atoms with Gasteiger partial charge in [-0.3, -0.25) is 4.98 Å². The van der Waals surface area contributed by atoms with E-state index >= 15 is 0 Å². The molecule has 2 aromatic heterocycles. The van der Waals surface area contributed by atoms with Crippen molar-refractivity contribution in [1.29, 1.82) is 0 Å². The Labute approximate surface area is 181 Å². The van der Waals surface area contributed by atoms with E-state index in [1.165, 1.54) is 0 Å². The summed E-state index contributed by atoms with van der Waals surface area (Å²) in [7, 11) is 3.17. The maximum atomic E-state index is 11.5. The van der Waals surface area contributed by atoms with Crippen LogP contribution < -0.4 is 0 Å². The average molecular weight is 425 g/mol. The van der Waals surface area contributed by atoms with Crippen molar-refractivity contribution in [2.24, 2.45) is 0 Å². The molecule has 3 rings (SSSR count). The molecular formula is C23H28N4O4. The summed E-state index contributed by atoms with van der Waals surface area (Å²) >= 11 is 0.